The molecule has 0 bridgehead atoms. The number of rotatable bonds is 8. The van der Waals surface area contributed by atoms with Gasteiger partial charge in [0.25, 0.3) is 0 Å². The second-order valence-electron chi connectivity index (χ2n) is 6.38. The number of aromatic nitrogens is 2. The topological polar surface area (TPSA) is 83.3 Å². The van der Waals surface area contributed by atoms with Gasteiger partial charge in [-0.2, -0.15) is 5.10 Å². The molecule has 0 saturated carbocycles. The molecule has 0 aliphatic rings. The first kappa shape index (κ1) is 20.8. The third-order valence-corrected chi connectivity index (χ3v) is 4.28. The zero-order valence-electron chi connectivity index (χ0n) is 15.9. The number of nitrogens with one attached hydrogen (secondary N) is 3. The van der Waals surface area contributed by atoms with Crippen molar-refractivity contribution in [2.24, 2.45) is 10.9 Å². The Morgan fingerprint density at radius 3 is 2.48 bits per heavy atom. The van der Waals surface area contributed by atoms with Crippen LogP contribution in [-0.2, 0) is 4.79 Å². The summed E-state index contributed by atoms with van der Waals surface area (Å²) >= 11 is 6.01. The minimum atomic E-state index is -0.0170. The van der Waals surface area contributed by atoms with E-state index in [-0.39, 0.29) is 17.9 Å². The van der Waals surface area contributed by atoms with Crippen molar-refractivity contribution in [2.45, 2.75) is 19.9 Å². The minimum Gasteiger partial charge on any atom is -0.355 e. The van der Waals surface area contributed by atoms with E-state index in [1.807, 2.05) is 55.1 Å². The van der Waals surface area contributed by atoms with Gasteiger partial charge >= 0.3 is 0 Å². The number of hydrogen-bond acceptors (Lipinski definition) is 3. The van der Waals surface area contributed by atoms with E-state index in [1.54, 1.807) is 13.2 Å². The molecule has 7 nitrogen and oxygen atoms in total. The average molecular weight is 391 g/mol. The predicted molar refractivity (Wildman–Crippen MR) is 109 cm³/mol. The Hall–Kier alpha value is -2.54. The lowest BCUT2D eigenvalue weighted by atomic mass is 10.1. The number of benzene rings is 1. The number of amides is 1. The summed E-state index contributed by atoms with van der Waals surface area (Å²) in [7, 11) is 1.72. The molecule has 0 aliphatic heterocycles. The van der Waals surface area contributed by atoms with Gasteiger partial charge in [0, 0.05) is 50.0 Å². The van der Waals surface area contributed by atoms with Crippen LogP contribution in [0.2, 0.25) is 5.02 Å². The highest BCUT2D eigenvalue weighted by molar-refractivity contribution is 6.30. The van der Waals surface area contributed by atoms with Crippen molar-refractivity contribution in [1.29, 1.82) is 0 Å². The molecule has 8 heteroatoms. The lowest BCUT2D eigenvalue weighted by Crippen LogP contribution is -2.43. The van der Waals surface area contributed by atoms with E-state index in [1.165, 1.54) is 0 Å². The average Bonchev–Trinajstić information content (AvgIpc) is 3.19. The van der Waals surface area contributed by atoms with Crippen LogP contribution >= 0.6 is 11.6 Å². The van der Waals surface area contributed by atoms with Crippen LogP contribution in [0.3, 0.4) is 0 Å². The molecule has 1 heterocycles. The van der Waals surface area contributed by atoms with Gasteiger partial charge in [-0.25, -0.2) is 0 Å². The van der Waals surface area contributed by atoms with Crippen molar-refractivity contribution < 1.29 is 4.79 Å². The minimum absolute atomic E-state index is 0.00328. The molecule has 146 valence electrons. The summed E-state index contributed by atoms with van der Waals surface area (Å²) in [5.74, 6) is 0.692. The number of carbonyl (C=O) groups is 1. The smallest absolute Gasteiger partial charge is 0.222 e. The molecule has 2 aromatic rings. The van der Waals surface area contributed by atoms with Gasteiger partial charge in [0.15, 0.2) is 5.96 Å². The molecule has 1 aromatic carbocycles. The van der Waals surface area contributed by atoms with Crippen LogP contribution in [0.1, 0.15) is 25.5 Å². The summed E-state index contributed by atoms with van der Waals surface area (Å²) in [4.78, 5) is 15.8. The first-order valence-corrected chi connectivity index (χ1v) is 9.36. The van der Waals surface area contributed by atoms with Gasteiger partial charge < -0.3 is 16.0 Å². The van der Waals surface area contributed by atoms with Gasteiger partial charge in [-0.15, -0.1) is 0 Å². The summed E-state index contributed by atoms with van der Waals surface area (Å²) in [6, 6.07) is 9.63. The van der Waals surface area contributed by atoms with Crippen molar-refractivity contribution in [3.05, 3.63) is 53.3 Å². The van der Waals surface area contributed by atoms with Crippen molar-refractivity contribution in [2.75, 3.05) is 26.7 Å². The van der Waals surface area contributed by atoms with Crippen LogP contribution in [0.5, 0.6) is 0 Å². The highest BCUT2D eigenvalue weighted by atomic mass is 35.5. The zero-order valence-corrected chi connectivity index (χ0v) is 16.7. The molecule has 0 aliphatic carbocycles. The number of guanidine groups is 1. The van der Waals surface area contributed by atoms with E-state index in [9.17, 15) is 4.79 Å². The maximum absolute atomic E-state index is 11.6. The third kappa shape index (κ3) is 6.60. The number of halogens is 1. The van der Waals surface area contributed by atoms with Crippen LogP contribution in [0, 0.1) is 5.92 Å². The zero-order chi connectivity index (χ0) is 19.6. The Bertz CT molecular complexity index is 727. The van der Waals surface area contributed by atoms with Crippen LogP contribution < -0.4 is 16.0 Å². The molecule has 0 saturated heterocycles. The monoisotopic (exact) mass is 390 g/mol. The molecule has 2 rings (SSSR count). The quantitative estimate of drug-likeness (QED) is 0.366. The van der Waals surface area contributed by atoms with Gasteiger partial charge in [0.1, 0.15) is 0 Å². The van der Waals surface area contributed by atoms with Crippen LogP contribution in [0.25, 0.3) is 0 Å². The van der Waals surface area contributed by atoms with Gasteiger partial charge in [0.2, 0.25) is 5.91 Å². The van der Waals surface area contributed by atoms with Gasteiger partial charge in [0.05, 0.1) is 6.04 Å². The Balaban J connectivity index is 1.91. The summed E-state index contributed by atoms with van der Waals surface area (Å²) < 4.78 is 1.90. The molecule has 0 radical (unpaired) electrons. The van der Waals surface area contributed by atoms with Gasteiger partial charge in [-0.05, 0) is 23.8 Å². The van der Waals surface area contributed by atoms with E-state index >= 15 is 0 Å². The fourth-order valence-electron chi connectivity index (χ4n) is 2.50. The summed E-state index contributed by atoms with van der Waals surface area (Å²) in [6.45, 7) is 5.47. The number of hydrogen-bond donors (Lipinski definition) is 3. The SMILES string of the molecule is CN=C(NCCNC(=O)C(C)C)NCC(c1ccc(Cl)cc1)n1cccn1. The summed E-state index contributed by atoms with van der Waals surface area (Å²) in [5, 5.41) is 14.4. The van der Waals surface area contributed by atoms with Crippen LogP contribution in [0.4, 0.5) is 0 Å². The summed E-state index contributed by atoms with van der Waals surface area (Å²) in [5.41, 5.74) is 1.09. The number of nitrogens with zero attached hydrogens (tertiary/aromatic N) is 3. The maximum atomic E-state index is 11.6. The first-order valence-electron chi connectivity index (χ1n) is 8.98. The van der Waals surface area contributed by atoms with Gasteiger partial charge in [-0.1, -0.05) is 37.6 Å². The molecular formula is C19H27ClN6O. The largest absolute Gasteiger partial charge is 0.355 e. The number of carbonyl (C=O) groups excluding carboxylic acids is 1. The fourth-order valence-corrected chi connectivity index (χ4v) is 2.62. The predicted octanol–water partition coefficient (Wildman–Crippen LogP) is 2.06. The highest BCUT2D eigenvalue weighted by Gasteiger charge is 2.15. The first-order chi connectivity index (χ1) is 13.0. The second-order valence-corrected chi connectivity index (χ2v) is 6.82. The Kier molecular flexibility index (Phi) is 8.13. The standard InChI is InChI=1S/C19H27ClN6O/c1-14(2)18(27)22-10-11-23-19(21-3)24-13-17(26-12-4-9-25-26)15-5-7-16(20)8-6-15/h4-9,12,14,17H,10-11,13H2,1-3H3,(H,22,27)(H2,21,23,24). The molecule has 1 atom stereocenters. The third-order valence-electron chi connectivity index (χ3n) is 4.03. The van der Waals surface area contributed by atoms with Crippen molar-refractivity contribution >= 4 is 23.5 Å². The normalized spacial score (nSPS) is 12.7. The molecule has 3 N–H and O–H groups in total. The molecule has 1 amide bonds. The van der Waals surface area contributed by atoms with E-state index in [0.717, 1.165) is 5.56 Å². The van der Waals surface area contributed by atoms with Crippen LogP contribution in [0.15, 0.2) is 47.7 Å². The van der Waals surface area contributed by atoms with E-state index in [2.05, 4.69) is 26.0 Å². The summed E-state index contributed by atoms with van der Waals surface area (Å²) in [6.07, 6.45) is 3.69. The molecule has 27 heavy (non-hydrogen) atoms. The lowest BCUT2D eigenvalue weighted by molar-refractivity contribution is -0.123. The van der Waals surface area contributed by atoms with E-state index < -0.39 is 0 Å². The van der Waals surface area contributed by atoms with E-state index in [4.69, 9.17) is 11.6 Å². The van der Waals surface area contributed by atoms with Crippen LogP contribution in [-0.4, -0.2) is 48.3 Å². The Morgan fingerprint density at radius 1 is 1.19 bits per heavy atom. The lowest BCUT2D eigenvalue weighted by Gasteiger charge is -2.21. The van der Waals surface area contributed by atoms with E-state index in [0.29, 0.717) is 30.6 Å². The molecule has 1 unspecified atom stereocenters. The molecule has 0 fully saturated rings. The van der Waals surface area contributed by atoms with Crippen molar-refractivity contribution in [3.8, 4) is 0 Å². The molecule has 0 spiro atoms. The Labute approximate surface area is 165 Å². The van der Waals surface area contributed by atoms with Crippen molar-refractivity contribution in [1.82, 2.24) is 25.7 Å². The molecular weight excluding hydrogens is 364 g/mol. The maximum Gasteiger partial charge on any atom is 0.222 e. The number of aliphatic imine (C=N–C) groups is 1. The fraction of sp³-hybridized carbons (Fsp3) is 0.421. The molecule has 1 aromatic heterocycles. The Morgan fingerprint density at radius 2 is 1.89 bits per heavy atom. The second kappa shape index (κ2) is 10.6. The van der Waals surface area contributed by atoms with Crippen molar-refractivity contribution in [3.63, 3.8) is 0 Å². The van der Waals surface area contributed by atoms with Gasteiger partial charge in [-0.3, -0.25) is 14.5 Å². The highest BCUT2D eigenvalue weighted by Crippen LogP contribution is 2.19.